The predicted molar refractivity (Wildman–Crippen MR) is 78.4 cm³/mol. The Bertz CT molecular complexity index is 456. The van der Waals surface area contributed by atoms with E-state index in [4.69, 9.17) is 0 Å². The van der Waals surface area contributed by atoms with Crippen molar-refractivity contribution in [1.29, 1.82) is 0 Å². The minimum absolute atomic E-state index is 0.0620. The average Bonchev–Trinajstić information content (AvgIpc) is 2.40. The highest BCUT2D eigenvalue weighted by Crippen LogP contribution is 2.18. The highest BCUT2D eigenvalue weighted by molar-refractivity contribution is 5.95. The molecular formula is C16H24N2O. The fraction of sp³-hybridized carbons (Fsp3) is 0.562. The number of amides is 1. The Labute approximate surface area is 115 Å². The maximum Gasteiger partial charge on any atom is 0.251 e. The van der Waals surface area contributed by atoms with Gasteiger partial charge < -0.3 is 10.6 Å². The molecule has 3 heteroatoms. The van der Waals surface area contributed by atoms with E-state index in [1.807, 2.05) is 32.0 Å². The first-order valence-corrected chi connectivity index (χ1v) is 7.14. The second-order valence-corrected chi connectivity index (χ2v) is 5.76. The Morgan fingerprint density at radius 2 is 2.21 bits per heavy atom. The van der Waals surface area contributed by atoms with Gasteiger partial charge in [0.1, 0.15) is 0 Å². The van der Waals surface area contributed by atoms with E-state index in [-0.39, 0.29) is 5.91 Å². The van der Waals surface area contributed by atoms with E-state index >= 15 is 0 Å². The Kier molecular flexibility index (Phi) is 4.59. The lowest BCUT2D eigenvalue weighted by molar-refractivity contribution is 0.0937. The molecule has 2 N–H and O–H groups in total. The molecule has 0 saturated carbocycles. The smallest absolute Gasteiger partial charge is 0.251 e. The van der Waals surface area contributed by atoms with E-state index in [2.05, 4.69) is 17.6 Å². The molecular weight excluding hydrogens is 236 g/mol. The highest BCUT2D eigenvalue weighted by Gasteiger charge is 2.21. The molecule has 1 aliphatic rings. The standard InChI is InChI=1S/C16H24N2O/c1-11-4-5-12(2)15(8-11)16(19)18-10-14-6-7-17-9-13(14)3/h4-5,8,13-14,17H,6-7,9-10H2,1-3H3,(H,18,19). The molecule has 19 heavy (non-hydrogen) atoms. The van der Waals surface area contributed by atoms with Crippen LogP contribution >= 0.6 is 0 Å². The van der Waals surface area contributed by atoms with Crippen LogP contribution < -0.4 is 10.6 Å². The number of hydrogen-bond donors (Lipinski definition) is 2. The number of nitrogens with one attached hydrogen (secondary N) is 2. The lowest BCUT2D eigenvalue weighted by atomic mass is 9.88. The summed E-state index contributed by atoms with van der Waals surface area (Å²) >= 11 is 0. The van der Waals surface area contributed by atoms with Crippen LogP contribution in [0.2, 0.25) is 0 Å². The van der Waals surface area contributed by atoms with Crippen molar-refractivity contribution in [3.63, 3.8) is 0 Å². The van der Waals surface area contributed by atoms with E-state index in [1.54, 1.807) is 0 Å². The minimum atomic E-state index is 0.0620. The normalized spacial score (nSPS) is 23.1. The summed E-state index contributed by atoms with van der Waals surface area (Å²) in [5.74, 6) is 1.29. The van der Waals surface area contributed by atoms with Crippen LogP contribution in [0.3, 0.4) is 0 Å². The number of carbonyl (C=O) groups is 1. The molecule has 3 nitrogen and oxygen atoms in total. The van der Waals surface area contributed by atoms with Gasteiger partial charge in [-0.15, -0.1) is 0 Å². The largest absolute Gasteiger partial charge is 0.352 e. The van der Waals surface area contributed by atoms with Crippen molar-refractivity contribution in [3.05, 3.63) is 34.9 Å². The molecule has 2 atom stereocenters. The summed E-state index contributed by atoms with van der Waals surface area (Å²) in [4.78, 5) is 12.2. The molecule has 0 aliphatic carbocycles. The maximum absolute atomic E-state index is 12.2. The van der Waals surface area contributed by atoms with Gasteiger partial charge in [0.15, 0.2) is 0 Å². The molecule has 0 radical (unpaired) electrons. The van der Waals surface area contributed by atoms with Crippen LogP contribution in [0.25, 0.3) is 0 Å². The summed E-state index contributed by atoms with van der Waals surface area (Å²) in [6.45, 7) is 9.17. The zero-order chi connectivity index (χ0) is 13.8. The van der Waals surface area contributed by atoms with Gasteiger partial charge in [0.05, 0.1) is 0 Å². The number of piperidine rings is 1. The Morgan fingerprint density at radius 1 is 1.42 bits per heavy atom. The third-order valence-corrected chi connectivity index (χ3v) is 4.13. The monoisotopic (exact) mass is 260 g/mol. The molecule has 1 aromatic rings. The molecule has 0 bridgehead atoms. The molecule has 1 fully saturated rings. The predicted octanol–water partition coefficient (Wildman–Crippen LogP) is 2.28. The zero-order valence-electron chi connectivity index (χ0n) is 12.1. The van der Waals surface area contributed by atoms with Crippen LogP contribution in [0, 0.1) is 25.7 Å². The van der Waals surface area contributed by atoms with Gasteiger partial charge >= 0.3 is 0 Å². The molecule has 1 heterocycles. The summed E-state index contributed by atoms with van der Waals surface area (Å²) in [6.07, 6.45) is 1.15. The van der Waals surface area contributed by atoms with Gasteiger partial charge in [-0.3, -0.25) is 4.79 Å². The van der Waals surface area contributed by atoms with Gasteiger partial charge in [0.2, 0.25) is 0 Å². The van der Waals surface area contributed by atoms with Crippen LogP contribution in [-0.4, -0.2) is 25.5 Å². The molecule has 0 spiro atoms. The molecule has 2 rings (SSSR count). The van der Waals surface area contributed by atoms with Crippen molar-refractivity contribution < 1.29 is 4.79 Å². The van der Waals surface area contributed by atoms with Crippen molar-refractivity contribution in [3.8, 4) is 0 Å². The number of rotatable bonds is 3. The van der Waals surface area contributed by atoms with Gasteiger partial charge in [-0.25, -0.2) is 0 Å². The Balaban J connectivity index is 1.95. The average molecular weight is 260 g/mol. The van der Waals surface area contributed by atoms with Crippen molar-refractivity contribution in [2.24, 2.45) is 11.8 Å². The molecule has 1 aliphatic heterocycles. The van der Waals surface area contributed by atoms with Gasteiger partial charge in [0, 0.05) is 12.1 Å². The maximum atomic E-state index is 12.2. The van der Waals surface area contributed by atoms with Crippen molar-refractivity contribution in [1.82, 2.24) is 10.6 Å². The highest BCUT2D eigenvalue weighted by atomic mass is 16.1. The molecule has 1 amide bonds. The van der Waals surface area contributed by atoms with E-state index < -0.39 is 0 Å². The van der Waals surface area contributed by atoms with E-state index in [0.29, 0.717) is 11.8 Å². The van der Waals surface area contributed by atoms with Gasteiger partial charge in [-0.05, 0) is 56.8 Å². The fourth-order valence-corrected chi connectivity index (χ4v) is 2.67. The fourth-order valence-electron chi connectivity index (χ4n) is 2.67. The van der Waals surface area contributed by atoms with Crippen LogP contribution in [0.1, 0.15) is 34.8 Å². The third kappa shape index (κ3) is 3.57. The molecule has 1 saturated heterocycles. The second kappa shape index (κ2) is 6.20. The molecule has 104 valence electrons. The van der Waals surface area contributed by atoms with Crippen LogP contribution in [-0.2, 0) is 0 Å². The van der Waals surface area contributed by atoms with Crippen LogP contribution in [0.4, 0.5) is 0 Å². The first-order valence-electron chi connectivity index (χ1n) is 7.14. The van der Waals surface area contributed by atoms with E-state index in [1.165, 1.54) is 0 Å². The van der Waals surface area contributed by atoms with Gasteiger partial charge in [-0.1, -0.05) is 24.6 Å². The topological polar surface area (TPSA) is 41.1 Å². The van der Waals surface area contributed by atoms with Crippen molar-refractivity contribution in [2.45, 2.75) is 27.2 Å². The van der Waals surface area contributed by atoms with Gasteiger partial charge in [-0.2, -0.15) is 0 Å². The summed E-state index contributed by atoms with van der Waals surface area (Å²) in [7, 11) is 0. The number of benzene rings is 1. The number of aryl methyl sites for hydroxylation is 2. The Hall–Kier alpha value is -1.35. The zero-order valence-corrected chi connectivity index (χ0v) is 12.1. The first-order chi connectivity index (χ1) is 9.08. The number of carbonyl (C=O) groups excluding carboxylic acids is 1. The first kappa shape index (κ1) is 14.1. The Morgan fingerprint density at radius 3 is 2.95 bits per heavy atom. The summed E-state index contributed by atoms with van der Waals surface area (Å²) in [5.41, 5.74) is 2.98. The van der Waals surface area contributed by atoms with Crippen LogP contribution in [0.15, 0.2) is 18.2 Å². The summed E-state index contributed by atoms with van der Waals surface area (Å²) in [5, 5.41) is 6.49. The summed E-state index contributed by atoms with van der Waals surface area (Å²) in [6, 6.07) is 6.02. The van der Waals surface area contributed by atoms with E-state index in [0.717, 1.165) is 42.7 Å². The van der Waals surface area contributed by atoms with Gasteiger partial charge in [0.25, 0.3) is 5.91 Å². The summed E-state index contributed by atoms with van der Waals surface area (Å²) < 4.78 is 0. The van der Waals surface area contributed by atoms with Crippen molar-refractivity contribution in [2.75, 3.05) is 19.6 Å². The van der Waals surface area contributed by atoms with Crippen LogP contribution in [0.5, 0.6) is 0 Å². The quantitative estimate of drug-likeness (QED) is 0.875. The molecule has 1 aromatic carbocycles. The molecule has 2 unspecified atom stereocenters. The van der Waals surface area contributed by atoms with Crippen molar-refractivity contribution >= 4 is 5.91 Å². The molecule has 0 aromatic heterocycles. The lowest BCUT2D eigenvalue weighted by Gasteiger charge is -2.29. The van der Waals surface area contributed by atoms with E-state index in [9.17, 15) is 4.79 Å². The third-order valence-electron chi connectivity index (χ3n) is 4.13. The lowest BCUT2D eigenvalue weighted by Crippen LogP contribution is -2.41. The number of hydrogen-bond acceptors (Lipinski definition) is 2. The minimum Gasteiger partial charge on any atom is -0.352 e. The second-order valence-electron chi connectivity index (χ2n) is 5.76. The SMILES string of the molecule is Cc1ccc(C)c(C(=O)NCC2CCNCC2C)c1.